The highest BCUT2D eigenvalue weighted by Gasteiger charge is 2.11. The number of anilines is 4. The summed E-state index contributed by atoms with van der Waals surface area (Å²) in [6, 6.07) is 21.0. The molecule has 5 heteroatoms. The van der Waals surface area contributed by atoms with E-state index in [0.717, 1.165) is 24.6 Å². The third-order valence-corrected chi connectivity index (χ3v) is 5.16. The van der Waals surface area contributed by atoms with Gasteiger partial charge in [-0.2, -0.15) is 4.98 Å². The number of hydrogen-bond acceptors (Lipinski definition) is 5. The van der Waals surface area contributed by atoms with Gasteiger partial charge in [0.05, 0.1) is 0 Å². The minimum Gasteiger partial charge on any atom is -0.372 e. The lowest BCUT2D eigenvalue weighted by Crippen LogP contribution is -2.29. The minimum absolute atomic E-state index is 0.174. The molecule has 0 amide bonds. The van der Waals surface area contributed by atoms with Gasteiger partial charge in [0.15, 0.2) is 0 Å². The first-order chi connectivity index (χ1) is 13.8. The van der Waals surface area contributed by atoms with E-state index in [1.165, 1.54) is 30.5 Å². The molecular formula is C23H27N5. The van der Waals surface area contributed by atoms with Crippen LogP contribution in [-0.4, -0.2) is 23.1 Å². The van der Waals surface area contributed by atoms with E-state index in [2.05, 4.69) is 68.8 Å². The molecule has 1 aliphatic heterocycles. The maximum atomic E-state index is 4.60. The van der Waals surface area contributed by atoms with Crippen molar-refractivity contribution < 1.29 is 0 Å². The summed E-state index contributed by atoms with van der Waals surface area (Å²) in [4.78, 5) is 11.4. The van der Waals surface area contributed by atoms with Gasteiger partial charge in [-0.05, 0) is 62.1 Å². The summed E-state index contributed by atoms with van der Waals surface area (Å²) in [5.74, 6) is 1.40. The highest BCUT2D eigenvalue weighted by atomic mass is 15.1. The lowest BCUT2D eigenvalue weighted by atomic mass is 10.1. The van der Waals surface area contributed by atoms with E-state index in [1.54, 1.807) is 6.20 Å². The van der Waals surface area contributed by atoms with Crippen molar-refractivity contribution in [1.82, 2.24) is 9.97 Å². The molecule has 2 heterocycles. The predicted octanol–water partition coefficient (Wildman–Crippen LogP) is 5.38. The summed E-state index contributed by atoms with van der Waals surface area (Å²) in [6.07, 6.45) is 5.70. The molecule has 0 spiro atoms. The van der Waals surface area contributed by atoms with Crippen LogP contribution in [0.15, 0.2) is 66.9 Å². The Bertz CT molecular complexity index is 873. The molecule has 1 atom stereocenters. The maximum Gasteiger partial charge on any atom is 0.229 e. The SMILES string of the molecule is CC(Nc1ccnc(Nc2ccc(N3CCCCC3)cc2)n1)c1ccccc1. The molecule has 1 unspecified atom stereocenters. The van der Waals surface area contributed by atoms with Crippen molar-refractivity contribution in [3.05, 3.63) is 72.4 Å². The second kappa shape index (κ2) is 8.74. The molecule has 144 valence electrons. The molecule has 1 aliphatic rings. The van der Waals surface area contributed by atoms with Gasteiger partial charge in [0.2, 0.25) is 5.95 Å². The fourth-order valence-corrected chi connectivity index (χ4v) is 3.58. The summed E-state index contributed by atoms with van der Waals surface area (Å²) in [6.45, 7) is 4.44. The molecule has 0 aliphatic carbocycles. The quantitative estimate of drug-likeness (QED) is 0.607. The van der Waals surface area contributed by atoms with Crippen molar-refractivity contribution in [2.24, 2.45) is 0 Å². The summed E-state index contributed by atoms with van der Waals surface area (Å²) < 4.78 is 0. The number of nitrogens with zero attached hydrogens (tertiary/aromatic N) is 3. The van der Waals surface area contributed by atoms with E-state index in [1.807, 2.05) is 24.3 Å². The van der Waals surface area contributed by atoms with Gasteiger partial charge in [0.1, 0.15) is 5.82 Å². The van der Waals surface area contributed by atoms with Crippen LogP contribution >= 0.6 is 0 Å². The van der Waals surface area contributed by atoms with Crippen molar-refractivity contribution in [3.8, 4) is 0 Å². The Kier molecular flexibility index (Phi) is 5.71. The molecular weight excluding hydrogens is 346 g/mol. The van der Waals surface area contributed by atoms with Crippen LogP contribution in [0.1, 0.15) is 37.8 Å². The first-order valence-electron chi connectivity index (χ1n) is 10.0. The van der Waals surface area contributed by atoms with Crippen molar-refractivity contribution in [3.63, 3.8) is 0 Å². The largest absolute Gasteiger partial charge is 0.372 e. The molecule has 28 heavy (non-hydrogen) atoms. The number of piperidine rings is 1. The Morgan fingerprint density at radius 1 is 0.893 bits per heavy atom. The van der Waals surface area contributed by atoms with Crippen LogP contribution in [0.25, 0.3) is 0 Å². The van der Waals surface area contributed by atoms with E-state index in [0.29, 0.717) is 5.95 Å². The van der Waals surface area contributed by atoms with Crippen LogP contribution in [-0.2, 0) is 0 Å². The van der Waals surface area contributed by atoms with Gasteiger partial charge in [-0.3, -0.25) is 0 Å². The first kappa shape index (κ1) is 18.3. The molecule has 3 aromatic rings. The monoisotopic (exact) mass is 373 g/mol. The Morgan fingerprint density at radius 3 is 2.39 bits per heavy atom. The van der Waals surface area contributed by atoms with Crippen LogP contribution in [0.2, 0.25) is 0 Å². The lowest BCUT2D eigenvalue weighted by Gasteiger charge is -2.28. The molecule has 1 fully saturated rings. The summed E-state index contributed by atoms with van der Waals surface area (Å²) >= 11 is 0. The predicted molar refractivity (Wildman–Crippen MR) is 116 cm³/mol. The fourth-order valence-electron chi connectivity index (χ4n) is 3.58. The zero-order chi connectivity index (χ0) is 19.2. The van der Waals surface area contributed by atoms with Gasteiger partial charge in [-0.1, -0.05) is 30.3 Å². The standard InChI is InChI=1S/C23H27N5/c1-18(19-8-4-2-5-9-19)25-22-14-15-24-23(27-22)26-20-10-12-21(13-11-20)28-16-6-3-7-17-28/h2,4-5,8-15,18H,3,6-7,16-17H2,1H3,(H2,24,25,26,27). The Hall–Kier alpha value is -3.08. The van der Waals surface area contributed by atoms with Crippen LogP contribution in [0.5, 0.6) is 0 Å². The van der Waals surface area contributed by atoms with Crippen LogP contribution in [0.3, 0.4) is 0 Å². The van der Waals surface area contributed by atoms with E-state index in [4.69, 9.17) is 0 Å². The fraction of sp³-hybridized carbons (Fsp3) is 0.304. The maximum absolute atomic E-state index is 4.60. The molecule has 2 aromatic carbocycles. The molecule has 0 bridgehead atoms. The van der Waals surface area contributed by atoms with E-state index in [9.17, 15) is 0 Å². The number of benzene rings is 2. The normalized spacial score (nSPS) is 15.1. The van der Waals surface area contributed by atoms with Crippen molar-refractivity contribution in [1.29, 1.82) is 0 Å². The topological polar surface area (TPSA) is 53.1 Å². The molecule has 2 N–H and O–H groups in total. The average Bonchev–Trinajstić information content (AvgIpc) is 2.76. The number of hydrogen-bond donors (Lipinski definition) is 2. The number of aromatic nitrogens is 2. The lowest BCUT2D eigenvalue weighted by molar-refractivity contribution is 0.578. The smallest absolute Gasteiger partial charge is 0.229 e. The molecule has 0 radical (unpaired) electrons. The van der Waals surface area contributed by atoms with Crippen molar-refractivity contribution in [2.75, 3.05) is 28.6 Å². The highest BCUT2D eigenvalue weighted by Crippen LogP contribution is 2.23. The molecule has 1 saturated heterocycles. The zero-order valence-corrected chi connectivity index (χ0v) is 16.3. The Labute approximate surface area is 166 Å². The van der Waals surface area contributed by atoms with Crippen LogP contribution < -0.4 is 15.5 Å². The first-order valence-corrected chi connectivity index (χ1v) is 10.0. The second-order valence-corrected chi connectivity index (χ2v) is 7.26. The van der Waals surface area contributed by atoms with Gasteiger partial charge >= 0.3 is 0 Å². The number of nitrogens with one attached hydrogen (secondary N) is 2. The molecule has 5 nitrogen and oxygen atoms in total. The molecule has 4 rings (SSSR count). The van der Waals surface area contributed by atoms with Crippen molar-refractivity contribution in [2.45, 2.75) is 32.2 Å². The van der Waals surface area contributed by atoms with Gasteiger partial charge in [-0.25, -0.2) is 4.98 Å². The van der Waals surface area contributed by atoms with Gasteiger partial charge in [0.25, 0.3) is 0 Å². The Balaban J connectivity index is 1.40. The second-order valence-electron chi connectivity index (χ2n) is 7.26. The average molecular weight is 374 g/mol. The number of rotatable bonds is 6. The van der Waals surface area contributed by atoms with Gasteiger partial charge in [0, 0.05) is 36.7 Å². The van der Waals surface area contributed by atoms with Crippen molar-refractivity contribution >= 4 is 23.1 Å². The van der Waals surface area contributed by atoms with E-state index in [-0.39, 0.29) is 6.04 Å². The van der Waals surface area contributed by atoms with E-state index >= 15 is 0 Å². The third-order valence-electron chi connectivity index (χ3n) is 5.16. The Morgan fingerprint density at radius 2 is 1.64 bits per heavy atom. The zero-order valence-electron chi connectivity index (χ0n) is 16.3. The highest BCUT2D eigenvalue weighted by molar-refractivity contribution is 5.60. The molecule has 1 aromatic heterocycles. The molecule has 0 saturated carbocycles. The third kappa shape index (κ3) is 4.60. The van der Waals surface area contributed by atoms with Gasteiger partial charge < -0.3 is 15.5 Å². The minimum atomic E-state index is 0.174. The van der Waals surface area contributed by atoms with E-state index < -0.39 is 0 Å². The van der Waals surface area contributed by atoms with Crippen LogP contribution in [0.4, 0.5) is 23.1 Å². The summed E-state index contributed by atoms with van der Waals surface area (Å²) in [5, 5.41) is 6.75. The van der Waals surface area contributed by atoms with Crippen LogP contribution in [0, 0.1) is 0 Å². The van der Waals surface area contributed by atoms with Gasteiger partial charge in [-0.15, -0.1) is 0 Å². The summed E-state index contributed by atoms with van der Waals surface area (Å²) in [5.41, 5.74) is 3.51. The summed E-state index contributed by atoms with van der Waals surface area (Å²) in [7, 11) is 0.